The molecule has 3 saturated carbocycles. The molecule has 3 aliphatic carbocycles. The summed E-state index contributed by atoms with van der Waals surface area (Å²) in [5.74, 6) is 4.60. The lowest BCUT2D eigenvalue weighted by molar-refractivity contribution is -0.100. The van der Waals surface area contributed by atoms with Crippen molar-refractivity contribution < 1.29 is 0 Å². The minimum absolute atomic E-state index is 0.570. The van der Waals surface area contributed by atoms with Crippen molar-refractivity contribution in [2.75, 3.05) is 36.4 Å². The van der Waals surface area contributed by atoms with Gasteiger partial charge in [0, 0.05) is 43.6 Å². The van der Waals surface area contributed by atoms with Crippen LogP contribution in [-0.4, -0.2) is 37.2 Å². The number of anilines is 2. The molecular weight excluding hydrogens is 308 g/mol. The van der Waals surface area contributed by atoms with Crippen molar-refractivity contribution in [3.63, 3.8) is 0 Å². The highest BCUT2D eigenvalue weighted by Crippen LogP contribution is 2.61. The Morgan fingerprint density at radius 1 is 1.28 bits per heavy atom. The molecule has 4 nitrogen and oxygen atoms in total. The highest BCUT2D eigenvalue weighted by atomic mass is 15.2. The molecule has 2 aliphatic heterocycles. The topological polar surface area (TPSA) is 40.2 Å². The maximum Gasteiger partial charge on any atom is 0.127 e. The third kappa shape index (κ3) is 2.64. The zero-order valence-corrected chi connectivity index (χ0v) is 15.7. The van der Waals surface area contributed by atoms with Gasteiger partial charge in [0.05, 0.1) is 0 Å². The minimum atomic E-state index is 0.570. The molecule has 1 aromatic heterocycles. The molecule has 0 aromatic carbocycles. The first kappa shape index (κ1) is 15.9. The van der Waals surface area contributed by atoms with Gasteiger partial charge in [-0.2, -0.15) is 0 Å². The van der Waals surface area contributed by atoms with Crippen LogP contribution in [0.1, 0.15) is 39.5 Å². The van der Waals surface area contributed by atoms with E-state index in [0.717, 1.165) is 42.6 Å². The lowest BCUT2D eigenvalue weighted by Crippen LogP contribution is -2.53. The Kier molecular flexibility index (Phi) is 3.74. The van der Waals surface area contributed by atoms with Gasteiger partial charge in [-0.05, 0) is 67.4 Å². The van der Waals surface area contributed by atoms with Crippen molar-refractivity contribution in [1.82, 2.24) is 10.3 Å². The quantitative estimate of drug-likeness (QED) is 0.882. The molecule has 0 spiro atoms. The maximum atomic E-state index is 4.59. The van der Waals surface area contributed by atoms with Crippen LogP contribution in [-0.2, 0) is 0 Å². The number of fused-ring (bicyclic) bond motifs is 3. The van der Waals surface area contributed by atoms with Crippen LogP contribution in [0.15, 0.2) is 18.3 Å². The molecule has 0 amide bonds. The number of hydrogen-bond acceptors (Lipinski definition) is 4. The van der Waals surface area contributed by atoms with E-state index in [1.807, 2.05) is 6.20 Å². The van der Waals surface area contributed by atoms with Crippen molar-refractivity contribution in [3.05, 3.63) is 18.3 Å². The summed E-state index contributed by atoms with van der Waals surface area (Å²) in [7, 11) is 0. The van der Waals surface area contributed by atoms with Crippen molar-refractivity contribution in [2.45, 2.75) is 45.6 Å². The fourth-order valence-electron chi connectivity index (χ4n) is 6.22. The summed E-state index contributed by atoms with van der Waals surface area (Å²) in [6, 6.07) is 5.13. The molecule has 3 heterocycles. The van der Waals surface area contributed by atoms with Crippen LogP contribution in [0.3, 0.4) is 0 Å². The van der Waals surface area contributed by atoms with Crippen molar-refractivity contribution in [3.8, 4) is 0 Å². The number of hydrogen-bond donors (Lipinski definition) is 2. The summed E-state index contributed by atoms with van der Waals surface area (Å²) < 4.78 is 0. The number of rotatable bonds is 4. The average molecular weight is 341 g/mol. The van der Waals surface area contributed by atoms with Crippen LogP contribution in [0.25, 0.3) is 0 Å². The van der Waals surface area contributed by atoms with Crippen molar-refractivity contribution in [2.24, 2.45) is 29.1 Å². The molecule has 4 heteroatoms. The summed E-state index contributed by atoms with van der Waals surface area (Å²) in [5.41, 5.74) is 1.90. The molecule has 2 N–H and O–H groups in total. The van der Waals surface area contributed by atoms with Crippen LogP contribution in [0, 0.1) is 29.1 Å². The van der Waals surface area contributed by atoms with Gasteiger partial charge in [-0.1, -0.05) is 13.8 Å². The van der Waals surface area contributed by atoms with Gasteiger partial charge < -0.3 is 15.5 Å². The second kappa shape index (κ2) is 5.87. The van der Waals surface area contributed by atoms with Crippen LogP contribution in [0.4, 0.5) is 11.5 Å². The lowest BCUT2D eigenvalue weighted by atomic mass is 9.45. The van der Waals surface area contributed by atoms with Gasteiger partial charge in [0.2, 0.25) is 0 Å². The Balaban J connectivity index is 1.22. The van der Waals surface area contributed by atoms with Gasteiger partial charge in [0.15, 0.2) is 0 Å². The van der Waals surface area contributed by atoms with Gasteiger partial charge in [-0.3, -0.25) is 0 Å². The first-order chi connectivity index (χ1) is 12.1. The Morgan fingerprint density at radius 2 is 2.20 bits per heavy atom. The molecule has 0 unspecified atom stereocenters. The van der Waals surface area contributed by atoms with E-state index in [4.69, 9.17) is 0 Å². The van der Waals surface area contributed by atoms with Gasteiger partial charge in [0.1, 0.15) is 5.82 Å². The second-order valence-electron chi connectivity index (χ2n) is 9.49. The van der Waals surface area contributed by atoms with E-state index in [2.05, 4.69) is 46.5 Å². The summed E-state index contributed by atoms with van der Waals surface area (Å²) in [6.07, 6.45) is 7.58. The molecule has 5 aliphatic rings. The van der Waals surface area contributed by atoms with E-state index in [-0.39, 0.29) is 0 Å². The van der Waals surface area contributed by atoms with Gasteiger partial charge in [0.25, 0.3) is 0 Å². The molecule has 0 radical (unpaired) electrons. The first-order valence-electron chi connectivity index (χ1n) is 10.3. The van der Waals surface area contributed by atoms with Gasteiger partial charge in [-0.15, -0.1) is 0 Å². The fourth-order valence-corrected chi connectivity index (χ4v) is 6.22. The van der Waals surface area contributed by atoms with E-state index in [9.17, 15) is 0 Å². The van der Waals surface area contributed by atoms with Crippen LogP contribution in [0.5, 0.6) is 0 Å². The second-order valence-corrected chi connectivity index (χ2v) is 9.49. The molecule has 6 rings (SSSR count). The van der Waals surface area contributed by atoms with Crippen molar-refractivity contribution >= 4 is 11.5 Å². The lowest BCUT2D eigenvalue weighted by Gasteiger charge is -2.60. The summed E-state index contributed by atoms with van der Waals surface area (Å²) >= 11 is 0. The highest BCUT2D eigenvalue weighted by molar-refractivity contribution is 5.55. The Morgan fingerprint density at radius 3 is 3.00 bits per heavy atom. The van der Waals surface area contributed by atoms with E-state index in [1.54, 1.807) is 0 Å². The average Bonchev–Trinajstić information content (AvgIpc) is 3.22. The predicted octanol–water partition coefficient (Wildman–Crippen LogP) is 3.36. The highest BCUT2D eigenvalue weighted by Gasteiger charge is 2.53. The van der Waals surface area contributed by atoms with E-state index >= 15 is 0 Å². The minimum Gasteiger partial charge on any atom is -0.370 e. The largest absolute Gasteiger partial charge is 0.370 e. The third-order valence-corrected chi connectivity index (χ3v) is 8.02. The van der Waals surface area contributed by atoms with E-state index in [1.165, 1.54) is 44.5 Å². The maximum absolute atomic E-state index is 4.59. The van der Waals surface area contributed by atoms with Crippen LogP contribution in [0.2, 0.25) is 0 Å². The normalized spacial score (nSPS) is 38.3. The zero-order chi connectivity index (χ0) is 17.0. The van der Waals surface area contributed by atoms with E-state index in [0.29, 0.717) is 11.5 Å². The van der Waals surface area contributed by atoms with Gasteiger partial charge in [-0.25, -0.2) is 4.98 Å². The molecule has 2 saturated heterocycles. The third-order valence-electron chi connectivity index (χ3n) is 8.02. The van der Waals surface area contributed by atoms with E-state index < -0.39 is 0 Å². The van der Waals surface area contributed by atoms with Gasteiger partial charge >= 0.3 is 0 Å². The zero-order valence-electron chi connectivity index (χ0n) is 15.7. The smallest absolute Gasteiger partial charge is 0.127 e. The van der Waals surface area contributed by atoms with Crippen LogP contribution >= 0.6 is 0 Å². The predicted molar refractivity (Wildman–Crippen MR) is 103 cm³/mol. The molecule has 25 heavy (non-hydrogen) atoms. The summed E-state index contributed by atoms with van der Waals surface area (Å²) in [6.45, 7) is 9.59. The molecule has 2 bridgehead atoms. The molecule has 1 aromatic rings. The Bertz CT molecular complexity index is 629. The first-order valence-corrected chi connectivity index (χ1v) is 10.3. The number of nitrogens with one attached hydrogen (secondary N) is 2. The number of pyridine rings is 1. The van der Waals surface area contributed by atoms with Crippen molar-refractivity contribution in [1.29, 1.82) is 0 Å². The molecular formula is C21H32N4. The number of aromatic nitrogens is 1. The summed E-state index contributed by atoms with van der Waals surface area (Å²) in [5, 5.41) is 7.31. The SMILES string of the molecule is CC1(C)[C@H]2CC[C@H](CNc3cc(N4C[C@H]5CCN[C@H]5C4)ccn3)[C@@H]1C2. The Labute approximate surface area is 151 Å². The van der Waals surface area contributed by atoms with Crippen LogP contribution < -0.4 is 15.5 Å². The number of nitrogens with zero attached hydrogens (tertiary/aromatic N) is 2. The monoisotopic (exact) mass is 340 g/mol. The molecule has 5 atom stereocenters. The standard InChI is InChI=1S/C21H32N4/c1-21(2)16-4-3-14(18(21)9-16)11-24-20-10-17(6-8-23-20)25-12-15-5-7-22-19(15)13-25/h6,8,10,14-16,18-19,22H,3-5,7,9,11-13H2,1-2H3,(H,23,24)/t14-,15-,16+,18+,19+/m1/s1. The molecule has 136 valence electrons. The summed E-state index contributed by atoms with van der Waals surface area (Å²) in [4.78, 5) is 7.12. The molecule has 5 fully saturated rings. The fraction of sp³-hybridized carbons (Fsp3) is 0.762. The Hall–Kier alpha value is -1.29.